The fourth-order valence-corrected chi connectivity index (χ4v) is 1.55. The molecule has 1 aromatic heterocycles. The van der Waals surface area contributed by atoms with Crippen molar-refractivity contribution in [3.05, 3.63) is 5.82 Å². The molecule has 17 heavy (non-hydrogen) atoms. The van der Waals surface area contributed by atoms with Crippen LogP contribution in [0, 0.1) is 0 Å². The number of amides is 1. The molecule has 0 spiro atoms. The zero-order valence-electron chi connectivity index (χ0n) is 8.64. The lowest BCUT2D eigenvalue weighted by atomic mass is 10.2. The van der Waals surface area contributed by atoms with Crippen molar-refractivity contribution in [3.8, 4) is 0 Å². The molecule has 1 aliphatic heterocycles. The van der Waals surface area contributed by atoms with Gasteiger partial charge in [-0.25, -0.2) is 0 Å². The van der Waals surface area contributed by atoms with Crippen molar-refractivity contribution in [2.75, 3.05) is 11.9 Å². The summed E-state index contributed by atoms with van der Waals surface area (Å²) in [7, 11) is 0. The first-order chi connectivity index (χ1) is 7.97. The molecule has 94 valence electrons. The Labute approximate surface area is 94.0 Å². The Morgan fingerprint density at radius 2 is 2.24 bits per heavy atom. The third-order valence-corrected chi connectivity index (χ3v) is 2.37. The molecule has 2 heterocycles. The number of nitrogens with one attached hydrogen (secondary N) is 3. The van der Waals surface area contributed by atoms with Gasteiger partial charge in [-0.15, -0.1) is 5.10 Å². The number of carbonyl (C=O) groups is 1. The lowest BCUT2D eigenvalue weighted by molar-refractivity contribution is -0.144. The predicted molar refractivity (Wildman–Crippen MR) is 51.0 cm³/mol. The molecule has 1 saturated heterocycles. The average molecular weight is 249 g/mol. The number of rotatable bonds is 2. The first-order valence-electron chi connectivity index (χ1n) is 5.00. The standard InChI is InChI=1S/C8H10F3N5O/c9-8(10,11)6-14-7(16-15-6)13-5(17)4-2-1-3-12-4/h4,12H,1-3H2,(H2,13,14,15,16,17). The van der Waals surface area contributed by atoms with Gasteiger partial charge in [-0.1, -0.05) is 0 Å². The summed E-state index contributed by atoms with van der Waals surface area (Å²) in [6.07, 6.45) is -3.08. The second-order valence-electron chi connectivity index (χ2n) is 3.64. The van der Waals surface area contributed by atoms with Crippen molar-refractivity contribution in [1.29, 1.82) is 0 Å². The van der Waals surface area contributed by atoms with E-state index in [1.54, 1.807) is 5.10 Å². The highest BCUT2D eigenvalue weighted by atomic mass is 19.4. The number of aromatic amines is 1. The summed E-state index contributed by atoms with van der Waals surface area (Å²) in [5.41, 5.74) is 0. The lowest BCUT2D eigenvalue weighted by Crippen LogP contribution is -2.35. The summed E-state index contributed by atoms with van der Waals surface area (Å²) >= 11 is 0. The molecule has 1 unspecified atom stereocenters. The van der Waals surface area contributed by atoms with Crippen LogP contribution in [-0.4, -0.2) is 33.7 Å². The minimum atomic E-state index is -4.60. The zero-order valence-corrected chi connectivity index (χ0v) is 8.64. The normalized spacial score (nSPS) is 20.5. The van der Waals surface area contributed by atoms with E-state index >= 15 is 0 Å². The van der Waals surface area contributed by atoms with Gasteiger partial charge in [0.15, 0.2) is 0 Å². The molecule has 1 amide bonds. The summed E-state index contributed by atoms with van der Waals surface area (Å²) in [4.78, 5) is 14.7. The number of anilines is 1. The van der Waals surface area contributed by atoms with E-state index in [2.05, 4.69) is 20.7 Å². The highest BCUT2D eigenvalue weighted by molar-refractivity contribution is 5.93. The Balaban J connectivity index is 1.99. The predicted octanol–water partition coefficient (Wildman–Crippen LogP) is 0.514. The Morgan fingerprint density at radius 3 is 2.76 bits per heavy atom. The summed E-state index contributed by atoms with van der Waals surface area (Å²) in [5, 5.41) is 10.1. The van der Waals surface area contributed by atoms with Crippen LogP contribution in [0.4, 0.5) is 19.1 Å². The average Bonchev–Trinajstić information content (AvgIpc) is 2.85. The molecule has 0 aliphatic carbocycles. The molecule has 2 rings (SSSR count). The second kappa shape index (κ2) is 4.32. The van der Waals surface area contributed by atoms with E-state index in [0.717, 1.165) is 13.0 Å². The maximum absolute atomic E-state index is 12.2. The van der Waals surface area contributed by atoms with Crippen LogP contribution < -0.4 is 10.6 Å². The van der Waals surface area contributed by atoms with Crippen molar-refractivity contribution in [3.63, 3.8) is 0 Å². The molecular weight excluding hydrogens is 239 g/mol. The first kappa shape index (κ1) is 11.8. The van der Waals surface area contributed by atoms with E-state index in [0.29, 0.717) is 6.42 Å². The molecule has 1 aromatic rings. The number of H-pyrrole nitrogens is 1. The Bertz CT molecular complexity index is 410. The van der Waals surface area contributed by atoms with Crippen LogP contribution in [0.3, 0.4) is 0 Å². The number of alkyl halides is 3. The summed E-state index contributed by atoms with van der Waals surface area (Å²) < 4.78 is 36.5. The van der Waals surface area contributed by atoms with Crippen molar-refractivity contribution >= 4 is 11.9 Å². The van der Waals surface area contributed by atoms with E-state index < -0.39 is 17.9 Å². The highest BCUT2D eigenvalue weighted by Crippen LogP contribution is 2.26. The molecule has 9 heteroatoms. The molecule has 3 N–H and O–H groups in total. The van der Waals surface area contributed by atoms with Crippen LogP contribution in [-0.2, 0) is 11.0 Å². The largest absolute Gasteiger partial charge is 0.451 e. The number of hydrogen-bond acceptors (Lipinski definition) is 4. The molecule has 0 saturated carbocycles. The van der Waals surface area contributed by atoms with Gasteiger partial charge in [-0.2, -0.15) is 18.2 Å². The third kappa shape index (κ3) is 2.73. The van der Waals surface area contributed by atoms with Gasteiger partial charge in [0.25, 0.3) is 0 Å². The van der Waals surface area contributed by atoms with Crippen molar-refractivity contribution < 1.29 is 18.0 Å². The smallest absolute Gasteiger partial charge is 0.306 e. The molecule has 6 nitrogen and oxygen atoms in total. The van der Waals surface area contributed by atoms with Gasteiger partial charge in [0, 0.05) is 0 Å². The fraction of sp³-hybridized carbons (Fsp3) is 0.625. The van der Waals surface area contributed by atoms with Gasteiger partial charge >= 0.3 is 6.18 Å². The molecular formula is C8H10F3N5O. The Kier molecular flexibility index (Phi) is 3.01. The molecule has 0 radical (unpaired) electrons. The third-order valence-electron chi connectivity index (χ3n) is 2.37. The van der Waals surface area contributed by atoms with Crippen molar-refractivity contribution in [2.45, 2.75) is 25.1 Å². The van der Waals surface area contributed by atoms with E-state index in [1.807, 2.05) is 0 Å². The summed E-state index contributed by atoms with van der Waals surface area (Å²) in [5.74, 6) is -2.02. The Morgan fingerprint density at radius 1 is 1.47 bits per heavy atom. The molecule has 0 aromatic carbocycles. The van der Waals surface area contributed by atoms with Crippen LogP contribution in [0.15, 0.2) is 0 Å². The highest BCUT2D eigenvalue weighted by Gasteiger charge is 2.35. The van der Waals surface area contributed by atoms with Crippen LogP contribution in [0.1, 0.15) is 18.7 Å². The fourth-order valence-electron chi connectivity index (χ4n) is 1.55. The number of aromatic nitrogens is 3. The summed E-state index contributed by atoms with van der Waals surface area (Å²) in [6.45, 7) is 0.722. The molecule has 1 atom stereocenters. The minimum Gasteiger partial charge on any atom is -0.306 e. The van der Waals surface area contributed by atoms with Gasteiger partial charge in [0.1, 0.15) is 0 Å². The zero-order chi connectivity index (χ0) is 12.5. The minimum absolute atomic E-state index is 0.365. The van der Waals surface area contributed by atoms with Crippen LogP contribution >= 0.6 is 0 Å². The van der Waals surface area contributed by atoms with Crippen LogP contribution in [0.25, 0.3) is 0 Å². The van der Waals surface area contributed by atoms with Gasteiger partial charge in [0.05, 0.1) is 6.04 Å². The number of nitrogens with zero attached hydrogens (tertiary/aromatic N) is 2. The van der Waals surface area contributed by atoms with Crippen LogP contribution in [0.5, 0.6) is 0 Å². The quantitative estimate of drug-likeness (QED) is 0.713. The Hall–Kier alpha value is -1.64. The van der Waals surface area contributed by atoms with Gasteiger partial charge in [0.2, 0.25) is 17.7 Å². The van der Waals surface area contributed by atoms with Gasteiger partial charge in [-0.05, 0) is 19.4 Å². The van der Waals surface area contributed by atoms with E-state index in [1.165, 1.54) is 0 Å². The van der Waals surface area contributed by atoms with E-state index in [-0.39, 0.29) is 12.0 Å². The monoisotopic (exact) mass is 249 g/mol. The topological polar surface area (TPSA) is 82.7 Å². The van der Waals surface area contributed by atoms with Crippen molar-refractivity contribution in [2.24, 2.45) is 0 Å². The number of hydrogen-bond donors (Lipinski definition) is 3. The second-order valence-corrected chi connectivity index (χ2v) is 3.64. The van der Waals surface area contributed by atoms with E-state index in [9.17, 15) is 18.0 Å². The lowest BCUT2D eigenvalue weighted by Gasteiger charge is -2.07. The van der Waals surface area contributed by atoms with E-state index in [4.69, 9.17) is 0 Å². The molecule has 0 bridgehead atoms. The van der Waals surface area contributed by atoms with Gasteiger partial charge < -0.3 is 5.32 Å². The first-order valence-corrected chi connectivity index (χ1v) is 5.00. The SMILES string of the molecule is O=C(Nc1n[nH]c(C(F)(F)F)n1)C1CCCN1. The summed E-state index contributed by atoms with van der Waals surface area (Å²) in [6, 6.07) is -0.386. The number of halogens is 3. The molecule has 1 fully saturated rings. The molecule has 1 aliphatic rings. The maximum atomic E-state index is 12.2. The van der Waals surface area contributed by atoms with Crippen LogP contribution in [0.2, 0.25) is 0 Å². The van der Waals surface area contributed by atoms with Crippen molar-refractivity contribution in [1.82, 2.24) is 20.5 Å². The maximum Gasteiger partial charge on any atom is 0.451 e. The number of carbonyl (C=O) groups excluding carboxylic acids is 1. The van der Waals surface area contributed by atoms with Gasteiger partial charge in [-0.3, -0.25) is 15.2 Å².